The number of carbonyl (C=O) groups is 2. The van der Waals surface area contributed by atoms with E-state index in [1.165, 1.54) is 9.58 Å². The number of nitrogens with one attached hydrogen (secondary N) is 1. The van der Waals surface area contributed by atoms with Crippen LogP contribution >= 0.6 is 0 Å². The Morgan fingerprint density at radius 1 is 1.18 bits per heavy atom. The molecule has 1 aromatic carbocycles. The molecule has 2 heterocycles. The normalized spacial score (nSPS) is 12.3. The van der Waals surface area contributed by atoms with Crippen molar-refractivity contribution in [2.24, 2.45) is 0 Å². The van der Waals surface area contributed by atoms with E-state index in [9.17, 15) is 9.59 Å². The van der Waals surface area contributed by atoms with Crippen molar-refractivity contribution in [2.75, 3.05) is 11.5 Å². The first kappa shape index (κ1) is 24.9. The Balaban J connectivity index is 2.01. The van der Waals surface area contributed by atoms with Gasteiger partial charge in [0.2, 0.25) is 17.6 Å². The number of aryl methyl sites for hydroxylation is 1. The lowest BCUT2D eigenvalue weighted by molar-refractivity contribution is -0.127. The van der Waals surface area contributed by atoms with Crippen molar-refractivity contribution in [3.8, 4) is 17.3 Å². The third-order valence-corrected chi connectivity index (χ3v) is 4.97. The number of benzene rings is 1. The quantitative estimate of drug-likeness (QED) is 0.512. The second-order valence-corrected chi connectivity index (χ2v) is 8.90. The molecule has 0 aliphatic heterocycles. The third kappa shape index (κ3) is 5.81. The number of para-hydroxylation sites is 2. The molecule has 0 radical (unpaired) electrons. The maximum atomic E-state index is 13.8. The molecule has 3 aromatic rings. The van der Waals surface area contributed by atoms with E-state index in [0.29, 0.717) is 41.8 Å². The van der Waals surface area contributed by atoms with Crippen LogP contribution in [-0.4, -0.2) is 50.2 Å². The summed E-state index contributed by atoms with van der Waals surface area (Å²) in [6, 6.07) is 9.96. The van der Waals surface area contributed by atoms with Gasteiger partial charge in [0.25, 0.3) is 0 Å². The summed E-state index contributed by atoms with van der Waals surface area (Å²) in [4.78, 5) is 28.5. The van der Waals surface area contributed by atoms with Crippen molar-refractivity contribution in [1.82, 2.24) is 25.5 Å². The van der Waals surface area contributed by atoms with Crippen LogP contribution in [0.3, 0.4) is 0 Å². The van der Waals surface area contributed by atoms with Gasteiger partial charge in [-0.1, -0.05) is 19.1 Å². The van der Waals surface area contributed by atoms with Gasteiger partial charge in [-0.3, -0.25) is 14.5 Å². The highest BCUT2D eigenvalue weighted by atomic mass is 16.5. The maximum Gasteiger partial charge on any atom is 0.249 e. The van der Waals surface area contributed by atoms with Crippen molar-refractivity contribution >= 4 is 17.5 Å². The minimum Gasteiger partial charge on any atom is -0.492 e. The van der Waals surface area contributed by atoms with Crippen molar-refractivity contribution in [3.05, 3.63) is 42.2 Å². The first-order valence-electron chi connectivity index (χ1n) is 11.3. The fraction of sp³-hybridized carbons (Fsp3) is 0.458. The summed E-state index contributed by atoms with van der Waals surface area (Å²) in [7, 11) is 0. The van der Waals surface area contributed by atoms with E-state index in [1.54, 1.807) is 30.3 Å². The fourth-order valence-electron chi connectivity index (χ4n) is 3.59. The van der Waals surface area contributed by atoms with Gasteiger partial charge in [0.05, 0.1) is 12.3 Å². The molecule has 0 aliphatic rings. The molecule has 0 saturated carbocycles. The predicted octanol–water partition coefficient (Wildman–Crippen LogP) is 3.37. The lowest BCUT2D eigenvalue weighted by Gasteiger charge is -2.33. The van der Waals surface area contributed by atoms with Crippen molar-refractivity contribution in [2.45, 2.75) is 66.1 Å². The maximum absolute atomic E-state index is 13.8. The molecular formula is C24H32N6O4. The Kier molecular flexibility index (Phi) is 7.70. The van der Waals surface area contributed by atoms with Crippen LogP contribution in [0.2, 0.25) is 0 Å². The zero-order chi connectivity index (χ0) is 24.9. The number of amides is 2. The summed E-state index contributed by atoms with van der Waals surface area (Å²) >= 11 is 0. The highest BCUT2D eigenvalue weighted by Crippen LogP contribution is 2.31. The van der Waals surface area contributed by atoms with E-state index in [2.05, 4.69) is 20.8 Å². The van der Waals surface area contributed by atoms with E-state index in [1.807, 2.05) is 47.6 Å². The summed E-state index contributed by atoms with van der Waals surface area (Å²) < 4.78 is 12.8. The molecular weight excluding hydrogens is 436 g/mol. The van der Waals surface area contributed by atoms with E-state index in [4.69, 9.17) is 9.15 Å². The molecule has 182 valence electrons. The monoisotopic (exact) mass is 468 g/mol. The van der Waals surface area contributed by atoms with E-state index >= 15 is 0 Å². The van der Waals surface area contributed by atoms with Crippen LogP contribution in [0, 0.1) is 6.92 Å². The van der Waals surface area contributed by atoms with Gasteiger partial charge in [-0.25, -0.2) is 4.68 Å². The molecule has 0 unspecified atom stereocenters. The minimum absolute atomic E-state index is 0.193. The van der Waals surface area contributed by atoms with E-state index in [-0.39, 0.29) is 18.4 Å². The molecule has 0 bridgehead atoms. The summed E-state index contributed by atoms with van der Waals surface area (Å²) in [6.45, 7) is 11.5. The number of aromatic nitrogens is 4. The summed E-state index contributed by atoms with van der Waals surface area (Å²) in [6.07, 6.45) is 0.397. The number of hydrogen-bond donors (Lipinski definition) is 1. The van der Waals surface area contributed by atoms with Crippen LogP contribution in [0.15, 0.2) is 40.8 Å². The highest BCUT2D eigenvalue weighted by molar-refractivity contribution is 6.02. The van der Waals surface area contributed by atoms with Crippen LogP contribution in [0.25, 0.3) is 11.6 Å². The van der Waals surface area contributed by atoms with Gasteiger partial charge in [-0.05, 0) is 75.7 Å². The van der Waals surface area contributed by atoms with Crippen LogP contribution in [0.5, 0.6) is 5.75 Å². The molecule has 1 N–H and O–H groups in total. The standard InChI is InChI=1S/C24H32N6O4/c1-7-17(23(32)25-24(4,5)6)30(18-11-9-10-12-19(18)33-8-2)21(31)15-29-22(26-27-28-29)20-14-13-16(3)34-20/h9-14,17H,7-8,15H2,1-6H3,(H,25,32)/t17-/m0/s1. The van der Waals surface area contributed by atoms with Gasteiger partial charge >= 0.3 is 0 Å². The number of anilines is 1. The molecule has 3 rings (SSSR count). The topological polar surface area (TPSA) is 115 Å². The summed E-state index contributed by atoms with van der Waals surface area (Å²) in [5.74, 6) is 1.38. The number of hydrogen-bond acceptors (Lipinski definition) is 7. The zero-order valence-electron chi connectivity index (χ0n) is 20.5. The lowest BCUT2D eigenvalue weighted by atomic mass is 10.1. The SMILES string of the molecule is CCOc1ccccc1N(C(=O)Cn1nnnc1-c1ccc(C)o1)[C@@H](CC)C(=O)NC(C)(C)C. The molecule has 10 heteroatoms. The van der Waals surface area contributed by atoms with E-state index < -0.39 is 11.6 Å². The molecule has 0 spiro atoms. The van der Waals surface area contributed by atoms with Gasteiger partial charge in [-0.15, -0.1) is 5.10 Å². The Morgan fingerprint density at radius 2 is 1.91 bits per heavy atom. The molecule has 10 nitrogen and oxygen atoms in total. The van der Waals surface area contributed by atoms with Crippen LogP contribution in [0.1, 0.15) is 46.8 Å². The second-order valence-electron chi connectivity index (χ2n) is 8.90. The Hall–Kier alpha value is -3.69. The van der Waals surface area contributed by atoms with Crippen LogP contribution < -0.4 is 15.0 Å². The van der Waals surface area contributed by atoms with Crippen LogP contribution in [-0.2, 0) is 16.1 Å². The zero-order valence-corrected chi connectivity index (χ0v) is 20.5. The largest absolute Gasteiger partial charge is 0.492 e. The second kappa shape index (κ2) is 10.5. The first-order valence-corrected chi connectivity index (χ1v) is 11.3. The van der Waals surface area contributed by atoms with Crippen LogP contribution in [0.4, 0.5) is 5.69 Å². The first-order chi connectivity index (χ1) is 16.1. The Labute approximate surface area is 199 Å². The van der Waals surface area contributed by atoms with Gasteiger partial charge in [0, 0.05) is 5.54 Å². The lowest BCUT2D eigenvalue weighted by Crippen LogP contribution is -2.54. The summed E-state index contributed by atoms with van der Waals surface area (Å²) in [5, 5.41) is 14.7. The van der Waals surface area contributed by atoms with Crippen molar-refractivity contribution < 1.29 is 18.7 Å². The molecule has 2 aromatic heterocycles. The molecule has 2 amide bonds. The van der Waals surface area contributed by atoms with E-state index in [0.717, 1.165) is 0 Å². The highest BCUT2D eigenvalue weighted by Gasteiger charge is 2.34. The van der Waals surface area contributed by atoms with Gasteiger partial charge in [0.1, 0.15) is 24.1 Å². The Morgan fingerprint density at radius 3 is 2.53 bits per heavy atom. The number of furan rings is 1. The number of tetrazole rings is 1. The van der Waals surface area contributed by atoms with Gasteiger partial charge in [-0.2, -0.15) is 0 Å². The predicted molar refractivity (Wildman–Crippen MR) is 127 cm³/mol. The molecule has 34 heavy (non-hydrogen) atoms. The molecule has 0 fully saturated rings. The van der Waals surface area contributed by atoms with Crippen molar-refractivity contribution in [3.63, 3.8) is 0 Å². The minimum atomic E-state index is -0.765. The summed E-state index contributed by atoms with van der Waals surface area (Å²) in [5.41, 5.74) is 0.0486. The molecule has 1 atom stereocenters. The number of ether oxygens (including phenoxy) is 1. The average Bonchev–Trinajstić information content (AvgIpc) is 3.40. The average molecular weight is 469 g/mol. The molecule has 0 saturated heterocycles. The number of rotatable bonds is 9. The van der Waals surface area contributed by atoms with Crippen molar-refractivity contribution in [1.29, 1.82) is 0 Å². The number of nitrogens with zero attached hydrogens (tertiary/aromatic N) is 5. The Bertz CT molecular complexity index is 1130. The van der Waals surface area contributed by atoms with Gasteiger partial charge < -0.3 is 14.5 Å². The van der Waals surface area contributed by atoms with Gasteiger partial charge in [0.15, 0.2) is 5.76 Å². The molecule has 0 aliphatic carbocycles. The fourth-order valence-corrected chi connectivity index (χ4v) is 3.59. The number of carbonyl (C=O) groups excluding carboxylic acids is 2. The third-order valence-electron chi connectivity index (χ3n) is 4.97. The smallest absolute Gasteiger partial charge is 0.249 e.